The highest BCUT2D eigenvalue weighted by molar-refractivity contribution is 5.88. The van der Waals surface area contributed by atoms with Gasteiger partial charge < -0.3 is 10.2 Å². The van der Waals surface area contributed by atoms with Gasteiger partial charge in [0.15, 0.2) is 0 Å². The average Bonchev–Trinajstić information content (AvgIpc) is 2.66. The first kappa shape index (κ1) is 23.6. The Hall–Kier alpha value is -2.66. The van der Waals surface area contributed by atoms with E-state index in [0.717, 1.165) is 16.8 Å². The van der Waals surface area contributed by atoms with Crippen LogP contribution in [0.25, 0.3) is 0 Å². The second kappa shape index (κ2) is 10.9. The molecular weight excluding hydrogens is 374 g/mol. The van der Waals surface area contributed by atoms with E-state index in [1.807, 2.05) is 47.4 Å². The molecule has 30 heavy (non-hydrogen) atoms. The van der Waals surface area contributed by atoms with Crippen molar-refractivity contribution in [2.75, 3.05) is 11.9 Å². The molecule has 0 aliphatic heterocycles. The van der Waals surface area contributed by atoms with Crippen LogP contribution < -0.4 is 5.32 Å². The van der Waals surface area contributed by atoms with Crippen LogP contribution in [0.4, 0.5) is 5.69 Å². The Balaban J connectivity index is 2.31. The van der Waals surface area contributed by atoms with E-state index in [1.54, 1.807) is 0 Å². The van der Waals surface area contributed by atoms with Crippen LogP contribution >= 0.6 is 0 Å². The first-order valence-electron chi connectivity index (χ1n) is 10.7. The number of carbonyl (C=O) groups excluding carboxylic acids is 2. The molecule has 0 fully saturated rings. The summed E-state index contributed by atoms with van der Waals surface area (Å²) in [6, 6.07) is 18.3. The number of hydrogen-bond donors (Lipinski definition) is 1. The molecule has 5 heteroatoms. The van der Waals surface area contributed by atoms with Gasteiger partial charge in [0.25, 0.3) is 0 Å². The topological polar surface area (TPSA) is 52.7 Å². The minimum Gasteiger partial charge on any atom is -0.337 e. The van der Waals surface area contributed by atoms with Gasteiger partial charge in [-0.15, -0.1) is 0 Å². The molecule has 0 aliphatic rings. The highest BCUT2D eigenvalue weighted by Crippen LogP contribution is 2.25. The summed E-state index contributed by atoms with van der Waals surface area (Å²) in [5.41, 5.74) is 2.99. The quantitative estimate of drug-likeness (QED) is 0.644. The molecule has 0 aromatic heterocycles. The second-order valence-corrected chi connectivity index (χ2v) is 8.36. The standard InChI is InChI=1S/C25H35N3O2/c1-18(2)28(19(3)4)25(30)17-27(16-22-11-8-7-9-12-22)20(5)23-13-10-14-24(15-23)26-21(6)29/h7-15,18-20H,16-17H2,1-6H3,(H,26,29). The van der Waals surface area contributed by atoms with Crippen LogP contribution in [0.3, 0.4) is 0 Å². The predicted octanol–water partition coefficient (Wildman–Crippen LogP) is 4.85. The largest absolute Gasteiger partial charge is 0.337 e. The molecule has 2 rings (SSSR count). The van der Waals surface area contributed by atoms with Gasteiger partial charge in [0.05, 0.1) is 6.54 Å². The highest BCUT2D eigenvalue weighted by atomic mass is 16.2. The van der Waals surface area contributed by atoms with Gasteiger partial charge in [-0.2, -0.15) is 0 Å². The lowest BCUT2D eigenvalue weighted by Gasteiger charge is -2.35. The lowest BCUT2D eigenvalue weighted by atomic mass is 10.0. The molecule has 1 unspecified atom stereocenters. The zero-order valence-electron chi connectivity index (χ0n) is 19.1. The normalized spacial score (nSPS) is 12.3. The van der Waals surface area contributed by atoms with Crippen LogP contribution in [0, 0.1) is 0 Å². The van der Waals surface area contributed by atoms with Crippen LogP contribution in [-0.4, -0.2) is 40.2 Å². The number of rotatable bonds is 9. The summed E-state index contributed by atoms with van der Waals surface area (Å²) < 4.78 is 0. The van der Waals surface area contributed by atoms with Crippen LogP contribution in [-0.2, 0) is 16.1 Å². The van der Waals surface area contributed by atoms with Crippen molar-refractivity contribution in [1.29, 1.82) is 0 Å². The Morgan fingerprint density at radius 2 is 1.53 bits per heavy atom. The molecule has 0 spiro atoms. The van der Waals surface area contributed by atoms with E-state index in [4.69, 9.17) is 0 Å². The van der Waals surface area contributed by atoms with E-state index in [0.29, 0.717) is 13.1 Å². The maximum atomic E-state index is 13.2. The number of amides is 2. The Morgan fingerprint density at radius 3 is 2.10 bits per heavy atom. The molecule has 1 N–H and O–H groups in total. The number of carbonyl (C=O) groups is 2. The lowest BCUT2D eigenvalue weighted by Crippen LogP contribution is -2.47. The summed E-state index contributed by atoms with van der Waals surface area (Å²) in [5.74, 6) is 0.0291. The van der Waals surface area contributed by atoms with Gasteiger partial charge in [0.1, 0.15) is 0 Å². The number of nitrogens with zero attached hydrogens (tertiary/aromatic N) is 2. The monoisotopic (exact) mass is 409 g/mol. The third kappa shape index (κ3) is 6.70. The minimum atomic E-state index is -0.0966. The van der Waals surface area contributed by atoms with Gasteiger partial charge in [-0.25, -0.2) is 0 Å². The van der Waals surface area contributed by atoms with Gasteiger partial charge >= 0.3 is 0 Å². The van der Waals surface area contributed by atoms with Crippen molar-refractivity contribution in [3.05, 3.63) is 65.7 Å². The van der Waals surface area contributed by atoms with Crippen molar-refractivity contribution >= 4 is 17.5 Å². The molecule has 1 atom stereocenters. The molecule has 0 heterocycles. The minimum absolute atomic E-state index is 0.00374. The first-order valence-corrected chi connectivity index (χ1v) is 10.7. The molecule has 0 bridgehead atoms. The van der Waals surface area contributed by atoms with E-state index in [1.165, 1.54) is 6.92 Å². The molecule has 2 aromatic rings. The summed E-state index contributed by atoms with van der Waals surface area (Å²) in [7, 11) is 0. The maximum absolute atomic E-state index is 13.2. The van der Waals surface area contributed by atoms with Crippen LogP contribution in [0.15, 0.2) is 54.6 Å². The number of benzene rings is 2. The Morgan fingerprint density at radius 1 is 0.900 bits per heavy atom. The van der Waals surface area contributed by atoms with E-state index in [-0.39, 0.29) is 29.9 Å². The third-order valence-corrected chi connectivity index (χ3v) is 5.20. The number of nitrogens with one attached hydrogen (secondary N) is 1. The summed E-state index contributed by atoms with van der Waals surface area (Å²) in [5, 5.41) is 2.84. The zero-order chi connectivity index (χ0) is 22.3. The Kier molecular flexibility index (Phi) is 8.60. The molecule has 162 valence electrons. The Bertz CT molecular complexity index is 825. The van der Waals surface area contributed by atoms with Crippen molar-refractivity contribution in [2.24, 2.45) is 0 Å². The van der Waals surface area contributed by atoms with Crippen molar-refractivity contribution < 1.29 is 9.59 Å². The highest BCUT2D eigenvalue weighted by Gasteiger charge is 2.25. The van der Waals surface area contributed by atoms with Crippen molar-refractivity contribution in [3.8, 4) is 0 Å². The van der Waals surface area contributed by atoms with E-state index >= 15 is 0 Å². The molecule has 5 nitrogen and oxygen atoms in total. The summed E-state index contributed by atoms with van der Waals surface area (Å²) in [4.78, 5) is 28.8. The summed E-state index contributed by atoms with van der Waals surface area (Å²) in [6.45, 7) is 12.8. The number of anilines is 1. The number of hydrogen-bond acceptors (Lipinski definition) is 3. The predicted molar refractivity (Wildman–Crippen MR) is 123 cm³/mol. The fourth-order valence-corrected chi connectivity index (χ4v) is 3.87. The molecule has 2 aromatic carbocycles. The fraction of sp³-hybridized carbons (Fsp3) is 0.440. The smallest absolute Gasteiger partial charge is 0.237 e. The average molecular weight is 410 g/mol. The van der Waals surface area contributed by atoms with Gasteiger partial charge in [-0.1, -0.05) is 42.5 Å². The lowest BCUT2D eigenvalue weighted by molar-refractivity contribution is -0.136. The zero-order valence-corrected chi connectivity index (χ0v) is 19.1. The van der Waals surface area contributed by atoms with E-state index in [2.05, 4.69) is 57.0 Å². The molecule has 0 saturated carbocycles. The van der Waals surface area contributed by atoms with Gasteiger partial charge in [-0.3, -0.25) is 14.5 Å². The molecule has 0 radical (unpaired) electrons. The summed E-state index contributed by atoms with van der Waals surface area (Å²) in [6.07, 6.45) is 0. The van der Waals surface area contributed by atoms with Crippen LogP contribution in [0.1, 0.15) is 58.7 Å². The van der Waals surface area contributed by atoms with Gasteiger partial charge in [-0.05, 0) is 57.9 Å². The fourth-order valence-electron chi connectivity index (χ4n) is 3.87. The maximum Gasteiger partial charge on any atom is 0.237 e. The molecule has 2 amide bonds. The third-order valence-electron chi connectivity index (χ3n) is 5.20. The van der Waals surface area contributed by atoms with Gasteiger partial charge in [0.2, 0.25) is 11.8 Å². The van der Waals surface area contributed by atoms with Crippen molar-refractivity contribution in [3.63, 3.8) is 0 Å². The van der Waals surface area contributed by atoms with E-state index < -0.39 is 0 Å². The van der Waals surface area contributed by atoms with Crippen LogP contribution in [0.5, 0.6) is 0 Å². The molecular formula is C25H35N3O2. The van der Waals surface area contributed by atoms with Crippen molar-refractivity contribution in [2.45, 2.75) is 66.2 Å². The van der Waals surface area contributed by atoms with Crippen LogP contribution in [0.2, 0.25) is 0 Å². The van der Waals surface area contributed by atoms with Crippen molar-refractivity contribution in [1.82, 2.24) is 9.80 Å². The molecule has 0 saturated heterocycles. The molecule has 0 aliphatic carbocycles. The summed E-state index contributed by atoms with van der Waals surface area (Å²) >= 11 is 0. The van der Waals surface area contributed by atoms with E-state index in [9.17, 15) is 9.59 Å². The van der Waals surface area contributed by atoms with Gasteiger partial charge in [0, 0.05) is 37.3 Å². The first-order chi connectivity index (χ1) is 14.2. The Labute approximate surface area is 181 Å². The second-order valence-electron chi connectivity index (χ2n) is 8.36. The SMILES string of the molecule is CC(=O)Nc1cccc(C(C)N(CC(=O)N(C(C)C)C(C)C)Cc2ccccc2)c1.